The van der Waals surface area contributed by atoms with E-state index in [1.807, 2.05) is 6.08 Å². The summed E-state index contributed by atoms with van der Waals surface area (Å²) in [6.45, 7) is 1.86. The molecule has 2 heterocycles. The molecule has 24 heavy (non-hydrogen) atoms. The van der Waals surface area contributed by atoms with E-state index in [4.69, 9.17) is 25.1 Å². The lowest BCUT2D eigenvalue weighted by molar-refractivity contribution is -0.193. The van der Waals surface area contributed by atoms with Crippen molar-refractivity contribution in [2.45, 2.75) is 24.4 Å². The van der Waals surface area contributed by atoms with E-state index in [9.17, 15) is 26.3 Å². The summed E-state index contributed by atoms with van der Waals surface area (Å²) in [5, 5.41) is 29.4. The van der Waals surface area contributed by atoms with E-state index in [2.05, 4.69) is 16.7 Å². The van der Waals surface area contributed by atoms with Crippen LogP contribution in [-0.4, -0.2) is 59.7 Å². The first-order chi connectivity index (χ1) is 10.8. The highest BCUT2D eigenvalue weighted by Gasteiger charge is 2.38. The quantitative estimate of drug-likeness (QED) is 0.466. The van der Waals surface area contributed by atoms with Crippen LogP contribution in [0.4, 0.5) is 26.3 Å². The molecule has 2 aliphatic rings. The van der Waals surface area contributed by atoms with Crippen molar-refractivity contribution < 1.29 is 46.1 Å². The van der Waals surface area contributed by atoms with E-state index in [-0.39, 0.29) is 6.04 Å². The van der Waals surface area contributed by atoms with Crippen molar-refractivity contribution in [1.29, 1.82) is 5.26 Å². The lowest BCUT2D eigenvalue weighted by Gasteiger charge is -2.22. The number of carboxylic acids is 2. The van der Waals surface area contributed by atoms with Crippen LogP contribution < -0.4 is 10.6 Å². The molecule has 2 bridgehead atoms. The van der Waals surface area contributed by atoms with Gasteiger partial charge in [-0.2, -0.15) is 31.6 Å². The lowest BCUT2D eigenvalue weighted by atomic mass is 10.1. The van der Waals surface area contributed by atoms with Crippen LogP contribution >= 0.6 is 0 Å². The summed E-state index contributed by atoms with van der Waals surface area (Å²) in [4.78, 5) is 17.8. The van der Waals surface area contributed by atoms with Crippen molar-refractivity contribution in [2.24, 2.45) is 0 Å². The second kappa shape index (κ2) is 8.50. The normalized spacial score (nSPS) is 22.0. The van der Waals surface area contributed by atoms with Crippen LogP contribution in [0.1, 0.15) is 0 Å². The second-order valence-electron chi connectivity index (χ2n) is 4.32. The molecule has 0 aromatic rings. The summed E-state index contributed by atoms with van der Waals surface area (Å²) in [7, 11) is 0. The first-order valence-electron chi connectivity index (χ1n) is 5.97. The Balaban J connectivity index is 0.000000343. The molecule has 0 saturated carbocycles. The van der Waals surface area contributed by atoms with Crippen molar-refractivity contribution in [2.75, 3.05) is 13.1 Å². The Kier molecular flexibility index (Phi) is 7.68. The fraction of sp³-hybridized carbons (Fsp3) is 0.545. The monoisotopic (exact) mass is 363 g/mol. The number of fused-ring (bicyclic) bond motifs is 2. The molecule has 2 rings (SSSR count). The maximum atomic E-state index is 10.6. The molecular formula is C11H11F6N3O4. The van der Waals surface area contributed by atoms with Gasteiger partial charge in [-0.05, 0) is 0 Å². The molecule has 4 N–H and O–H groups in total. The number of aliphatic carboxylic acids is 2. The maximum Gasteiger partial charge on any atom is 0.490 e. The standard InChI is InChI=1S/C7H9N3.2C2HF3O2/c8-2-5-1-6-3-9-4-7(5)10-6;2*3-2(4,5)1(6)7/h1,6-7,9-10H,3-4H2;2*(H,6,7)/t6-,7-;;/m1../s1. The van der Waals surface area contributed by atoms with Crippen LogP contribution in [0.15, 0.2) is 11.6 Å². The highest BCUT2D eigenvalue weighted by Crippen LogP contribution is 2.14. The first kappa shape index (κ1) is 21.7. The van der Waals surface area contributed by atoms with E-state index >= 15 is 0 Å². The molecular weight excluding hydrogens is 352 g/mol. The highest BCUT2D eigenvalue weighted by molar-refractivity contribution is 5.73. The number of rotatable bonds is 0. The molecule has 0 aliphatic carbocycles. The Morgan fingerprint density at radius 2 is 1.50 bits per heavy atom. The smallest absolute Gasteiger partial charge is 0.475 e. The van der Waals surface area contributed by atoms with Gasteiger partial charge < -0.3 is 20.8 Å². The van der Waals surface area contributed by atoms with Crippen LogP contribution in [0.3, 0.4) is 0 Å². The molecule has 0 amide bonds. The zero-order valence-electron chi connectivity index (χ0n) is 11.6. The van der Waals surface area contributed by atoms with Gasteiger partial charge in [-0.3, -0.25) is 0 Å². The molecule has 0 spiro atoms. The Morgan fingerprint density at radius 3 is 1.79 bits per heavy atom. The molecule has 0 radical (unpaired) electrons. The van der Waals surface area contributed by atoms with Gasteiger partial charge >= 0.3 is 24.3 Å². The number of hydrogen-bond acceptors (Lipinski definition) is 5. The number of carbonyl (C=O) groups is 2. The van der Waals surface area contributed by atoms with Gasteiger partial charge in [0.1, 0.15) is 0 Å². The Hall–Kier alpha value is -2.33. The molecule has 1 saturated heterocycles. The zero-order chi connectivity index (χ0) is 19.1. The van der Waals surface area contributed by atoms with Crippen LogP contribution in [0.2, 0.25) is 0 Å². The first-order valence-corrected chi connectivity index (χ1v) is 5.97. The number of piperazine rings is 1. The minimum atomic E-state index is -5.08. The predicted octanol–water partition coefficient (Wildman–Crippen LogP) is 0.647. The van der Waals surface area contributed by atoms with E-state index in [0.717, 1.165) is 18.7 Å². The van der Waals surface area contributed by atoms with Gasteiger partial charge in [0.25, 0.3) is 0 Å². The van der Waals surface area contributed by atoms with Gasteiger partial charge in [-0.25, -0.2) is 9.59 Å². The van der Waals surface area contributed by atoms with Crippen LogP contribution in [0.5, 0.6) is 0 Å². The van der Waals surface area contributed by atoms with Crippen molar-refractivity contribution in [1.82, 2.24) is 10.6 Å². The zero-order valence-corrected chi connectivity index (χ0v) is 11.6. The van der Waals surface area contributed by atoms with Gasteiger partial charge in [0, 0.05) is 24.7 Å². The van der Waals surface area contributed by atoms with Crippen molar-refractivity contribution in [3.8, 4) is 6.07 Å². The summed E-state index contributed by atoms with van der Waals surface area (Å²) >= 11 is 0. The van der Waals surface area contributed by atoms with Crippen molar-refractivity contribution in [3.05, 3.63) is 11.6 Å². The number of nitrogens with one attached hydrogen (secondary N) is 2. The molecule has 136 valence electrons. The third kappa shape index (κ3) is 7.79. The van der Waals surface area contributed by atoms with E-state index in [0.29, 0.717) is 6.04 Å². The number of nitrogens with zero attached hydrogens (tertiary/aromatic N) is 1. The summed E-state index contributed by atoms with van der Waals surface area (Å²) < 4.78 is 63.5. The van der Waals surface area contributed by atoms with Crippen LogP contribution in [0.25, 0.3) is 0 Å². The van der Waals surface area contributed by atoms with Gasteiger partial charge in [0.15, 0.2) is 0 Å². The molecule has 7 nitrogen and oxygen atoms in total. The van der Waals surface area contributed by atoms with Gasteiger partial charge in [-0.1, -0.05) is 6.08 Å². The van der Waals surface area contributed by atoms with Gasteiger partial charge in [0.05, 0.1) is 12.1 Å². The van der Waals surface area contributed by atoms with Crippen LogP contribution in [0, 0.1) is 11.3 Å². The minimum absolute atomic E-state index is 0.281. The minimum Gasteiger partial charge on any atom is -0.475 e. The van der Waals surface area contributed by atoms with E-state index < -0.39 is 24.3 Å². The molecule has 0 unspecified atom stereocenters. The molecule has 0 aromatic heterocycles. The summed E-state index contributed by atoms with van der Waals surface area (Å²) in [5.74, 6) is -5.51. The number of alkyl halides is 6. The number of carboxylic acid groups (broad SMARTS) is 2. The number of nitriles is 1. The van der Waals surface area contributed by atoms with Gasteiger partial charge in [0.2, 0.25) is 0 Å². The average molecular weight is 363 g/mol. The van der Waals surface area contributed by atoms with E-state index in [1.165, 1.54) is 0 Å². The molecule has 0 aromatic carbocycles. The molecule has 2 aliphatic heterocycles. The number of halogens is 6. The second-order valence-corrected chi connectivity index (χ2v) is 4.32. The van der Waals surface area contributed by atoms with Crippen molar-refractivity contribution >= 4 is 11.9 Å². The topological polar surface area (TPSA) is 122 Å². The van der Waals surface area contributed by atoms with Gasteiger partial charge in [-0.15, -0.1) is 0 Å². The molecule has 13 heteroatoms. The molecule has 2 atom stereocenters. The number of hydrogen-bond donors (Lipinski definition) is 4. The Bertz CT molecular complexity index is 513. The Morgan fingerprint density at radius 1 is 1.08 bits per heavy atom. The SMILES string of the molecule is N#CC1=C[C@@H]2CNC[C@H]1N2.O=C(O)C(F)(F)F.O=C(O)C(F)(F)F. The fourth-order valence-electron chi connectivity index (χ4n) is 1.51. The molecule has 1 fully saturated rings. The average Bonchev–Trinajstić information content (AvgIpc) is 2.72. The largest absolute Gasteiger partial charge is 0.490 e. The van der Waals surface area contributed by atoms with Crippen LogP contribution in [-0.2, 0) is 9.59 Å². The van der Waals surface area contributed by atoms with E-state index in [1.54, 1.807) is 0 Å². The lowest BCUT2D eigenvalue weighted by Crippen LogP contribution is -2.50. The maximum absolute atomic E-state index is 10.6. The summed E-state index contributed by atoms with van der Waals surface area (Å²) in [5.41, 5.74) is 0.898. The highest BCUT2D eigenvalue weighted by atomic mass is 19.4. The van der Waals surface area contributed by atoms with Crippen molar-refractivity contribution in [3.63, 3.8) is 0 Å². The predicted molar refractivity (Wildman–Crippen MR) is 64.7 cm³/mol. The fourth-order valence-corrected chi connectivity index (χ4v) is 1.51. The summed E-state index contributed by atoms with van der Waals surface area (Å²) in [6.07, 6.45) is -8.15. The third-order valence-electron chi connectivity index (χ3n) is 2.50. The third-order valence-corrected chi connectivity index (χ3v) is 2.50. The Labute approximate surface area is 130 Å². The summed E-state index contributed by atoms with van der Waals surface area (Å²) in [6, 6.07) is 2.87.